The van der Waals surface area contributed by atoms with Crippen LogP contribution in [0.2, 0.25) is 0 Å². The molecule has 2 heterocycles. The van der Waals surface area contributed by atoms with Crippen molar-refractivity contribution in [2.24, 2.45) is 9.98 Å². The number of nitrogens with zero attached hydrogens (tertiary/aromatic N) is 3. The third kappa shape index (κ3) is 4.31. The number of rotatable bonds is 7. The molecule has 1 atom stereocenters. The quantitative estimate of drug-likeness (QED) is 0.744. The summed E-state index contributed by atoms with van der Waals surface area (Å²) in [6.45, 7) is 2.64. The molecule has 30 heavy (non-hydrogen) atoms. The van der Waals surface area contributed by atoms with E-state index in [1.165, 1.54) is 17.3 Å². The van der Waals surface area contributed by atoms with Gasteiger partial charge in [-0.15, -0.1) is 0 Å². The summed E-state index contributed by atoms with van der Waals surface area (Å²) in [5, 5.41) is 3.63. The van der Waals surface area contributed by atoms with Crippen molar-refractivity contribution in [1.29, 1.82) is 0 Å². The van der Waals surface area contributed by atoms with Crippen LogP contribution in [0.1, 0.15) is 30.9 Å². The summed E-state index contributed by atoms with van der Waals surface area (Å²) in [7, 11) is 0. The highest BCUT2D eigenvalue weighted by atomic mass is 32.2. The molecule has 4 rings (SSSR count). The summed E-state index contributed by atoms with van der Waals surface area (Å²) in [6.07, 6.45) is 2.37. The Balaban J connectivity index is 1.43. The van der Waals surface area contributed by atoms with E-state index in [1.54, 1.807) is 0 Å². The number of nitrogens with one attached hydrogen (secondary N) is 1. The van der Waals surface area contributed by atoms with E-state index in [2.05, 4.69) is 10.3 Å². The predicted molar refractivity (Wildman–Crippen MR) is 121 cm³/mol. The maximum absolute atomic E-state index is 12.5. The smallest absolute Gasteiger partial charge is 0.270 e. The molecule has 2 aromatic rings. The summed E-state index contributed by atoms with van der Waals surface area (Å²) in [5.41, 5.74) is 2.84. The van der Waals surface area contributed by atoms with Crippen LogP contribution in [0.4, 0.5) is 5.69 Å². The first-order valence-electron chi connectivity index (χ1n) is 10.2. The number of para-hydroxylation sites is 1. The van der Waals surface area contributed by atoms with Gasteiger partial charge in [0.15, 0.2) is 5.17 Å². The van der Waals surface area contributed by atoms with Crippen LogP contribution in [-0.2, 0) is 16.0 Å². The minimum atomic E-state index is -0.342. The summed E-state index contributed by atoms with van der Waals surface area (Å²) in [4.78, 5) is 35.9. The Kier molecular flexibility index (Phi) is 6.28. The van der Waals surface area contributed by atoms with Gasteiger partial charge in [0.05, 0.1) is 11.4 Å². The lowest BCUT2D eigenvalue weighted by atomic mass is 10.1. The monoisotopic (exact) mass is 420 g/mol. The van der Waals surface area contributed by atoms with Crippen LogP contribution < -0.4 is 5.32 Å². The van der Waals surface area contributed by atoms with Crippen molar-refractivity contribution in [2.75, 3.05) is 12.3 Å². The van der Waals surface area contributed by atoms with Crippen LogP contribution >= 0.6 is 11.8 Å². The van der Waals surface area contributed by atoms with Crippen molar-refractivity contribution < 1.29 is 9.59 Å². The molecule has 0 fully saturated rings. The van der Waals surface area contributed by atoms with Crippen LogP contribution in [0.3, 0.4) is 0 Å². The van der Waals surface area contributed by atoms with Crippen LogP contribution in [-0.4, -0.2) is 46.1 Å². The van der Waals surface area contributed by atoms with E-state index >= 15 is 0 Å². The molecule has 6 nitrogen and oxygen atoms in total. The van der Waals surface area contributed by atoms with Crippen LogP contribution in [0.5, 0.6) is 0 Å². The third-order valence-corrected chi connectivity index (χ3v) is 6.03. The molecule has 1 N–H and O–H groups in total. The Morgan fingerprint density at radius 2 is 1.87 bits per heavy atom. The van der Waals surface area contributed by atoms with Crippen molar-refractivity contribution in [2.45, 2.75) is 32.2 Å². The number of benzene rings is 2. The van der Waals surface area contributed by atoms with Gasteiger partial charge in [-0.2, -0.15) is 4.99 Å². The first-order valence-corrected chi connectivity index (χ1v) is 11.2. The molecule has 0 radical (unpaired) electrons. The highest BCUT2D eigenvalue weighted by molar-refractivity contribution is 8.14. The maximum atomic E-state index is 12.5. The largest absolute Gasteiger partial charge is 0.355 e. The van der Waals surface area contributed by atoms with Gasteiger partial charge in [0.1, 0.15) is 11.9 Å². The van der Waals surface area contributed by atoms with Gasteiger partial charge in [-0.05, 0) is 30.5 Å². The number of fused-ring (bicyclic) bond motifs is 3. The lowest BCUT2D eigenvalue weighted by molar-refractivity contribution is -0.120. The Bertz CT molecular complexity index is 1000. The van der Waals surface area contributed by atoms with Gasteiger partial charge in [-0.1, -0.05) is 67.6 Å². The normalized spacial score (nSPS) is 17.2. The average Bonchev–Trinajstić information content (AvgIpc) is 3.10. The van der Waals surface area contributed by atoms with Gasteiger partial charge in [-0.25, -0.2) is 4.99 Å². The fourth-order valence-corrected chi connectivity index (χ4v) is 4.50. The van der Waals surface area contributed by atoms with Crippen molar-refractivity contribution in [3.8, 4) is 0 Å². The van der Waals surface area contributed by atoms with E-state index in [-0.39, 0.29) is 23.6 Å². The molecule has 0 spiro atoms. The number of hydrogen-bond acceptors (Lipinski definition) is 5. The molecular formula is C23H24N4O2S. The fraction of sp³-hybridized carbons (Fsp3) is 0.304. The number of carbonyl (C=O) groups is 2. The topological polar surface area (TPSA) is 74.1 Å². The first-order chi connectivity index (χ1) is 14.7. The standard InChI is InChI=1S/C23H24N4O2S/c1-2-8-19-22(29)26-21-17-11-6-7-12-18(17)25-23(27(19)21)30-15-20(28)24-14-13-16-9-4-3-5-10-16/h3-7,9-12,19H,2,8,13-15H2,1H3,(H,24,28). The molecule has 1 unspecified atom stereocenters. The number of carbonyl (C=O) groups excluding carboxylic acids is 2. The zero-order valence-corrected chi connectivity index (χ0v) is 17.7. The Labute approximate surface area is 180 Å². The van der Waals surface area contributed by atoms with Crippen LogP contribution in [0.25, 0.3) is 0 Å². The molecule has 2 aliphatic heterocycles. The fourth-order valence-electron chi connectivity index (χ4n) is 3.62. The molecule has 0 saturated carbocycles. The minimum Gasteiger partial charge on any atom is -0.355 e. The molecule has 2 aromatic carbocycles. The molecule has 0 aromatic heterocycles. The molecule has 0 aliphatic carbocycles. The predicted octanol–water partition coefficient (Wildman–Crippen LogP) is 3.54. The van der Waals surface area contributed by atoms with Crippen molar-refractivity contribution in [1.82, 2.24) is 10.2 Å². The number of hydrogen-bond donors (Lipinski definition) is 1. The van der Waals surface area contributed by atoms with Gasteiger partial charge < -0.3 is 5.32 Å². The second-order valence-corrected chi connectivity index (χ2v) is 8.18. The molecule has 7 heteroatoms. The minimum absolute atomic E-state index is 0.0476. The van der Waals surface area contributed by atoms with Gasteiger partial charge in [0.25, 0.3) is 5.91 Å². The highest BCUT2D eigenvalue weighted by Gasteiger charge is 2.41. The van der Waals surface area contributed by atoms with E-state index in [1.807, 2.05) is 66.4 Å². The Morgan fingerprint density at radius 3 is 2.67 bits per heavy atom. The van der Waals surface area contributed by atoms with Gasteiger partial charge in [0.2, 0.25) is 5.91 Å². The lowest BCUT2D eigenvalue weighted by Crippen LogP contribution is -2.44. The number of amides is 2. The van der Waals surface area contributed by atoms with Crippen molar-refractivity contribution in [3.05, 3.63) is 65.7 Å². The molecule has 154 valence electrons. The summed E-state index contributed by atoms with van der Waals surface area (Å²) < 4.78 is 0. The first kappa shape index (κ1) is 20.3. The van der Waals surface area contributed by atoms with Gasteiger partial charge in [0, 0.05) is 12.1 Å². The third-order valence-electron chi connectivity index (χ3n) is 5.08. The number of aliphatic imine (C=N–C) groups is 2. The van der Waals surface area contributed by atoms with E-state index in [0.717, 1.165) is 24.1 Å². The zero-order valence-electron chi connectivity index (χ0n) is 16.9. The molecule has 2 aliphatic rings. The van der Waals surface area contributed by atoms with Crippen LogP contribution in [0, 0.1) is 0 Å². The SMILES string of the molecule is CCCC1C(=O)N=C2c3ccccc3N=C(SCC(=O)NCCc3ccccc3)N21. The van der Waals surface area contributed by atoms with Crippen molar-refractivity contribution in [3.63, 3.8) is 0 Å². The van der Waals surface area contributed by atoms with Crippen LogP contribution in [0.15, 0.2) is 64.6 Å². The molecular weight excluding hydrogens is 396 g/mol. The second-order valence-electron chi connectivity index (χ2n) is 7.23. The lowest BCUT2D eigenvalue weighted by Gasteiger charge is -2.30. The molecule has 0 bridgehead atoms. The average molecular weight is 421 g/mol. The van der Waals surface area contributed by atoms with Gasteiger partial charge in [-0.3, -0.25) is 14.5 Å². The van der Waals surface area contributed by atoms with E-state index in [4.69, 9.17) is 4.99 Å². The number of thioether (sulfide) groups is 1. The summed E-state index contributed by atoms with van der Waals surface area (Å²) in [5.74, 6) is 0.709. The van der Waals surface area contributed by atoms with Crippen molar-refractivity contribution >= 4 is 40.3 Å². The van der Waals surface area contributed by atoms with E-state index in [9.17, 15) is 9.59 Å². The van der Waals surface area contributed by atoms with Gasteiger partial charge >= 0.3 is 0 Å². The summed E-state index contributed by atoms with van der Waals surface area (Å²) >= 11 is 1.35. The molecule has 2 amide bonds. The molecule has 0 saturated heterocycles. The van der Waals surface area contributed by atoms with E-state index in [0.29, 0.717) is 24.0 Å². The maximum Gasteiger partial charge on any atom is 0.270 e. The second kappa shape index (κ2) is 9.26. The Morgan fingerprint density at radius 1 is 1.10 bits per heavy atom. The zero-order chi connectivity index (χ0) is 20.9. The highest BCUT2D eigenvalue weighted by Crippen LogP contribution is 2.35. The summed E-state index contributed by atoms with van der Waals surface area (Å²) in [6, 6.07) is 17.4. The van der Waals surface area contributed by atoms with E-state index < -0.39 is 0 Å². The Hall–Kier alpha value is -2.93. The number of amidine groups is 2.